The van der Waals surface area contributed by atoms with Crippen LogP contribution in [-0.4, -0.2) is 34.1 Å². The maximum Gasteiger partial charge on any atom is 0.326 e. The van der Waals surface area contributed by atoms with Gasteiger partial charge in [0.25, 0.3) is 0 Å². The van der Waals surface area contributed by atoms with Crippen LogP contribution in [0.15, 0.2) is 0 Å². The number of aliphatic carboxylic acids is 2. The van der Waals surface area contributed by atoms with Gasteiger partial charge in [0.2, 0.25) is 5.91 Å². The molecule has 0 aromatic carbocycles. The summed E-state index contributed by atoms with van der Waals surface area (Å²) in [5.74, 6) is -2.54. The third-order valence-corrected chi connectivity index (χ3v) is 3.51. The van der Waals surface area contributed by atoms with E-state index in [0.29, 0.717) is 0 Å². The average Bonchev–Trinajstić information content (AvgIpc) is 2.71. The predicted octanol–water partition coefficient (Wildman–Crippen LogP) is 1.00. The molecule has 0 radical (unpaired) electrons. The molecule has 6 heteroatoms. The Kier molecular flexibility index (Phi) is 4.69. The standard InChI is InChI=1S/C12H19NO5/c1-12(6-2-3-7-12)11(18)13-8(10(16)17)4-5-9(14)15/h8H,2-7H2,1H3,(H,13,18)(H,14,15)(H,16,17). The highest BCUT2D eigenvalue weighted by atomic mass is 16.4. The lowest BCUT2D eigenvalue weighted by Crippen LogP contribution is -2.46. The van der Waals surface area contributed by atoms with E-state index in [0.717, 1.165) is 25.7 Å². The van der Waals surface area contributed by atoms with Gasteiger partial charge in [0.1, 0.15) is 6.04 Å². The van der Waals surface area contributed by atoms with Crippen LogP contribution in [-0.2, 0) is 14.4 Å². The molecule has 1 unspecified atom stereocenters. The van der Waals surface area contributed by atoms with Crippen molar-refractivity contribution in [2.75, 3.05) is 0 Å². The largest absolute Gasteiger partial charge is 0.481 e. The summed E-state index contributed by atoms with van der Waals surface area (Å²) >= 11 is 0. The Morgan fingerprint density at radius 3 is 2.22 bits per heavy atom. The summed E-state index contributed by atoms with van der Waals surface area (Å²) in [6, 6.07) is -1.12. The van der Waals surface area contributed by atoms with Gasteiger partial charge in [0.05, 0.1) is 0 Å². The number of nitrogens with one attached hydrogen (secondary N) is 1. The van der Waals surface area contributed by atoms with E-state index in [1.54, 1.807) is 0 Å². The molecule has 0 heterocycles. The van der Waals surface area contributed by atoms with Crippen molar-refractivity contribution >= 4 is 17.8 Å². The molecule has 102 valence electrons. The topological polar surface area (TPSA) is 104 Å². The molecule has 0 aliphatic heterocycles. The molecule has 1 aliphatic carbocycles. The number of carbonyl (C=O) groups excluding carboxylic acids is 1. The summed E-state index contributed by atoms with van der Waals surface area (Å²) in [6.07, 6.45) is 3.09. The highest BCUT2D eigenvalue weighted by Crippen LogP contribution is 2.37. The molecular weight excluding hydrogens is 238 g/mol. The second-order valence-corrected chi connectivity index (χ2v) is 5.06. The number of rotatable bonds is 6. The van der Waals surface area contributed by atoms with Crippen LogP contribution in [0.4, 0.5) is 0 Å². The number of carbonyl (C=O) groups is 3. The quantitative estimate of drug-likeness (QED) is 0.658. The van der Waals surface area contributed by atoms with Gasteiger partial charge in [-0.25, -0.2) is 4.79 Å². The molecule has 0 aromatic heterocycles. The van der Waals surface area contributed by atoms with Gasteiger partial charge in [-0.2, -0.15) is 0 Å². The van der Waals surface area contributed by atoms with Crippen molar-refractivity contribution in [3.05, 3.63) is 0 Å². The number of carboxylic acid groups (broad SMARTS) is 2. The van der Waals surface area contributed by atoms with E-state index in [9.17, 15) is 14.4 Å². The summed E-state index contributed by atoms with van der Waals surface area (Å²) in [5.41, 5.74) is -0.503. The first-order valence-electron chi connectivity index (χ1n) is 6.11. The van der Waals surface area contributed by atoms with Crippen LogP contribution >= 0.6 is 0 Å². The third kappa shape index (κ3) is 3.72. The minimum atomic E-state index is -1.19. The molecule has 0 spiro atoms. The molecule has 0 saturated heterocycles. The van der Waals surface area contributed by atoms with Crippen molar-refractivity contribution in [1.29, 1.82) is 0 Å². The van der Waals surface area contributed by atoms with E-state index in [1.807, 2.05) is 6.92 Å². The highest BCUT2D eigenvalue weighted by molar-refractivity contribution is 5.87. The number of amides is 1. The second-order valence-electron chi connectivity index (χ2n) is 5.06. The van der Waals surface area contributed by atoms with Gasteiger partial charge < -0.3 is 15.5 Å². The Balaban J connectivity index is 2.57. The normalized spacial score (nSPS) is 19.2. The van der Waals surface area contributed by atoms with Crippen LogP contribution in [0.25, 0.3) is 0 Å². The Bertz CT molecular complexity index is 346. The summed E-state index contributed by atoms with van der Waals surface area (Å²) in [7, 11) is 0. The highest BCUT2D eigenvalue weighted by Gasteiger charge is 2.37. The van der Waals surface area contributed by atoms with Crippen LogP contribution in [0.1, 0.15) is 45.4 Å². The molecule has 6 nitrogen and oxygen atoms in total. The lowest BCUT2D eigenvalue weighted by atomic mass is 9.87. The van der Waals surface area contributed by atoms with Crippen molar-refractivity contribution in [3.63, 3.8) is 0 Å². The Hall–Kier alpha value is -1.59. The van der Waals surface area contributed by atoms with Gasteiger partial charge in [0.15, 0.2) is 0 Å². The number of carboxylic acids is 2. The first kappa shape index (κ1) is 14.5. The fourth-order valence-electron chi connectivity index (χ4n) is 2.24. The maximum absolute atomic E-state index is 12.0. The Morgan fingerprint density at radius 2 is 1.78 bits per heavy atom. The fraction of sp³-hybridized carbons (Fsp3) is 0.750. The molecule has 0 aromatic rings. The van der Waals surface area contributed by atoms with Gasteiger partial charge in [-0.15, -0.1) is 0 Å². The third-order valence-electron chi connectivity index (χ3n) is 3.51. The minimum Gasteiger partial charge on any atom is -0.481 e. The Labute approximate surface area is 105 Å². The molecule has 1 fully saturated rings. The first-order chi connectivity index (χ1) is 8.35. The fourth-order valence-corrected chi connectivity index (χ4v) is 2.24. The molecular formula is C12H19NO5. The molecule has 0 bridgehead atoms. The first-order valence-corrected chi connectivity index (χ1v) is 6.11. The molecule has 1 saturated carbocycles. The lowest BCUT2D eigenvalue weighted by Gasteiger charge is -2.24. The van der Waals surface area contributed by atoms with Crippen molar-refractivity contribution in [2.24, 2.45) is 5.41 Å². The monoisotopic (exact) mass is 257 g/mol. The van der Waals surface area contributed by atoms with Crippen molar-refractivity contribution in [2.45, 2.75) is 51.5 Å². The van der Waals surface area contributed by atoms with Crippen LogP contribution in [0.2, 0.25) is 0 Å². The SMILES string of the molecule is CC1(C(=O)NC(CCC(=O)O)C(=O)O)CCCC1. The van der Waals surface area contributed by atoms with E-state index in [-0.39, 0.29) is 18.7 Å². The van der Waals surface area contributed by atoms with Gasteiger partial charge in [0, 0.05) is 11.8 Å². The zero-order chi connectivity index (χ0) is 13.8. The van der Waals surface area contributed by atoms with Gasteiger partial charge in [-0.3, -0.25) is 9.59 Å². The van der Waals surface area contributed by atoms with Gasteiger partial charge in [-0.05, 0) is 19.3 Å². The van der Waals surface area contributed by atoms with E-state index in [2.05, 4.69) is 5.32 Å². The van der Waals surface area contributed by atoms with Crippen LogP contribution in [0, 0.1) is 5.41 Å². The van der Waals surface area contributed by atoms with Gasteiger partial charge in [-0.1, -0.05) is 19.8 Å². The van der Waals surface area contributed by atoms with Crippen LogP contribution < -0.4 is 5.32 Å². The van der Waals surface area contributed by atoms with Crippen LogP contribution in [0.5, 0.6) is 0 Å². The Morgan fingerprint density at radius 1 is 1.22 bits per heavy atom. The minimum absolute atomic E-state index is 0.0908. The smallest absolute Gasteiger partial charge is 0.326 e. The number of hydrogen-bond donors (Lipinski definition) is 3. The van der Waals surface area contributed by atoms with E-state index in [1.165, 1.54) is 0 Å². The maximum atomic E-state index is 12.0. The summed E-state index contributed by atoms with van der Waals surface area (Å²) in [4.78, 5) is 33.4. The van der Waals surface area contributed by atoms with Crippen molar-refractivity contribution in [1.82, 2.24) is 5.32 Å². The molecule has 1 rings (SSSR count). The summed E-state index contributed by atoms with van der Waals surface area (Å²) in [6.45, 7) is 1.82. The molecule has 18 heavy (non-hydrogen) atoms. The molecule has 1 atom stereocenters. The molecule has 1 aliphatic rings. The molecule has 1 amide bonds. The zero-order valence-electron chi connectivity index (χ0n) is 10.4. The summed E-state index contributed by atoms with van der Waals surface area (Å²) in [5, 5.41) is 19.9. The van der Waals surface area contributed by atoms with E-state index >= 15 is 0 Å². The second kappa shape index (κ2) is 5.84. The molecule has 3 N–H and O–H groups in total. The van der Waals surface area contributed by atoms with E-state index < -0.39 is 23.4 Å². The lowest BCUT2D eigenvalue weighted by molar-refractivity contribution is -0.144. The summed E-state index contributed by atoms with van der Waals surface area (Å²) < 4.78 is 0. The van der Waals surface area contributed by atoms with Crippen LogP contribution in [0.3, 0.4) is 0 Å². The van der Waals surface area contributed by atoms with Gasteiger partial charge >= 0.3 is 11.9 Å². The average molecular weight is 257 g/mol. The van der Waals surface area contributed by atoms with Crippen molar-refractivity contribution in [3.8, 4) is 0 Å². The van der Waals surface area contributed by atoms with Crippen molar-refractivity contribution < 1.29 is 24.6 Å². The predicted molar refractivity (Wildman–Crippen MR) is 63.0 cm³/mol. The van der Waals surface area contributed by atoms with E-state index in [4.69, 9.17) is 10.2 Å². The zero-order valence-corrected chi connectivity index (χ0v) is 10.4. The number of hydrogen-bond acceptors (Lipinski definition) is 3.